The molecule has 0 unspecified atom stereocenters. The highest BCUT2D eigenvalue weighted by Crippen LogP contribution is 2.02. The standard InChI is InChI=1S/C7H12N4O2/c1-5-6(8-3-2-4-12)9-7(13)11-10-5/h12H,2-4H2,1H3,(H2,8,9,11,13). The Morgan fingerprint density at radius 1 is 1.62 bits per heavy atom. The molecule has 0 aromatic carbocycles. The van der Waals surface area contributed by atoms with E-state index in [9.17, 15) is 4.79 Å². The molecular weight excluding hydrogens is 172 g/mol. The Bertz CT molecular complexity index is 323. The van der Waals surface area contributed by atoms with Gasteiger partial charge in [-0.25, -0.2) is 9.89 Å². The fraction of sp³-hybridized carbons (Fsp3) is 0.571. The van der Waals surface area contributed by atoms with E-state index in [1.165, 1.54) is 0 Å². The summed E-state index contributed by atoms with van der Waals surface area (Å²) < 4.78 is 0. The lowest BCUT2D eigenvalue weighted by molar-refractivity contribution is 0.292. The zero-order valence-corrected chi connectivity index (χ0v) is 7.37. The highest BCUT2D eigenvalue weighted by Gasteiger charge is 2.00. The van der Waals surface area contributed by atoms with Crippen LogP contribution in [-0.2, 0) is 0 Å². The largest absolute Gasteiger partial charge is 0.396 e. The summed E-state index contributed by atoms with van der Waals surface area (Å²) in [7, 11) is 0. The summed E-state index contributed by atoms with van der Waals surface area (Å²) in [5.41, 5.74) is 0.162. The van der Waals surface area contributed by atoms with Gasteiger partial charge in [-0.15, -0.1) is 0 Å². The smallest absolute Gasteiger partial charge is 0.363 e. The number of nitrogens with zero attached hydrogens (tertiary/aromatic N) is 2. The van der Waals surface area contributed by atoms with Crippen LogP contribution < -0.4 is 11.0 Å². The summed E-state index contributed by atoms with van der Waals surface area (Å²) in [5.74, 6) is 0.470. The van der Waals surface area contributed by atoms with Crippen LogP contribution in [0.5, 0.6) is 0 Å². The highest BCUT2D eigenvalue weighted by molar-refractivity contribution is 5.37. The molecule has 0 amide bonds. The van der Waals surface area contributed by atoms with Crippen molar-refractivity contribution in [3.63, 3.8) is 0 Å². The molecule has 72 valence electrons. The van der Waals surface area contributed by atoms with E-state index in [4.69, 9.17) is 5.11 Å². The normalized spacial score (nSPS) is 10.0. The lowest BCUT2D eigenvalue weighted by atomic mass is 10.4. The second-order valence-electron chi connectivity index (χ2n) is 2.58. The number of anilines is 1. The van der Waals surface area contributed by atoms with Gasteiger partial charge in [-0.05, 0) is 13.3 Å². The van der Waals surface area contributed by atoms with E-state index in [2.05, 4.69) is 20.5 Å². The van der Waals surface area contributed by atoms with Gasteiger partial charge < -0.3 is 10.4 Å². The Labute approximate surface area is 75.0 Å². The summed E-state index contributed by atoms with van der Waals surface area (Å²) in [4.78, 5) is 14.4. The minimum atomic E-state index is -0.475. The molecule has 0 aliphatic heterocycles. The Morgan fingerprint density at radius 3 is 3.08 bits per heavy atom. The first-order valence-electron chi connectivity index (χ1n) is 4.02. The number of nitrogens with one attached hydrogen (secondary N) is 2. The minimum Gasteiger partial charge on any atom is -0.396 e. The molecule has 0 fully saturated rings. The first kappa shape index (κ1) is 9.66. The Hall–Kier alpha value is -1.43. The van der Waals surface area contributed by atoms with Crippen LogP contribution >= 0.6 is 0 Å². The molecular formula is C7H12N4O2. The van der Waals surface area contributed by atoms with Gasteiger partial charge in [0, 0.05) is 13.2 Å². The topological polar surface area (TPSA) is 90.9 Å². The number of aliphatic hydroxyl groups is 1. The third-order valence-electron chi connectivity index (χ3n) is 1.50. The van der Waals surface area contributed by atoms with Crippen LogP contribution in [0.25, 0.3) is 0 Å². The molecule has 1 heterocycles. The van der Waals surface area contributed by atoms with Crippen molar-refractivity contribution in [3.8, 4) is 0 Å². The highest BCUT2D eigenvalue weighted by atomic mass is 16.3. The van der Waals surface area contributed by atoms with E-state index in [-0.39, 0.29) is 6.61 Å². The SMILES string of the molecule is Cc1n[nH]c(=O)nc1NCCCO. The number of rotatable bonds is 4. The van der Waals surface area contributed by atoms with Gasteiger partial charge in [-0.1, -0.05) is 0 Å². The number of aromatic nitrogens is 3. The van der Waals surface area contributed by atoms with Gasteiger partial charge in [0.05, 0.1) is 0 Å². The maximum Gasteiger partial charge on any atom is 0.363 e. The predicted molar refractivity (Wildman–Crippen MR) is 47.6 cm³/mol. The molecule has 0 spiro atoms. The van der Waals surface area contributed by atoms with Crippen molar-refractivity contribution in [1.82, 2.24) is 15.2 Å². The monoisotopic (exact) mass is 184 g/mol. The van der Waals surface area contributed by atoms with Crippen molar-refractivity contribution in [2.75, 3.05) is 18.5 Å². The van der Waals surface area contributed by atoms with E-state index >= 15 is 0 Å². The van der Waals surface area contributed by atoms with Crippen LogP contribution in [0.3, 0.4) is 0 Å². The summed E-state index contributed by atoms with van der Waals surface area (Å²) in [6, 6.07) is 0. The molecule has 0 radical (unpaired) electrons. The molecule has 1 aromatic rings. The molecule has 0 atom stereocenters. The van der Waals surface area contributed by atoms with Gasteiger partial charge in [0.15, 0.2) is 5.82 Å². The number of hydrogen-bond acceptors (Lipinski definition) is 5. The average molecular weight is 184 g/mol. The van der Waals surface area contributed by atoms with E-state index < -0.39 is 5.69 Å². The average Bonchev–Trinajstić information content (AvgIpc) is 2.11. The van der Waals surface area contributed by atoms with Crippen molar-refractivity contribution in [2.24, 2.45) is 0 Å². The molecule has 0 aliphatic carbocycles. The van der Waals surface area contributed by atoms with Crippen LogP contribution in [0.4, 0.5) is 5.82 Å². The van der Waals surface area contributed by atoms with E-state index in [1.807, 2.05) is 0 Å². The fourth-order valence-corrected chi connectivity index (χ4v) is 0.845. The van der Waals surface area contributed by atoms with Gasteiger partial charge >= 0.3 is 5.69 Å². The minimum absolute atomic E-state index is 0.114. The van der Waals surface area contributed by atoms with Crippen LogP contribution in [0.15, 0.2) is 4.79 Å². The summed E-state index contributed by atoms with van der Waals surface area (Å²) in [5, 5.41) is 17.4. The van der Waals surface area contributed by atoms with Crippen LogP contribution in [0.2, 0.25) is 0 Å². The first-order chi connectivity index (χ1) is 6.24. The molecule has 0 saturated carbocycles. The van der Waals surface area contributed by atoms with Gasteiger partial charge in [0.1, 0.15) is 5.69 Å². The van der Waals surface area contributed by atoms with Crippen LogP contribution in [0, 0.1) is 6.92 Å². The van der Waals surface area contributed by atoms with Gasteiger partial charge in [-0.2, -0.15) is 10.1 Å². The van der Waals surface area contributed by atoms with E-state index in [0.29, 0.717) is 24.5 Å². The molecule has 0 aliphatic rings. The zero-order valence-electron chi connectivity index (χ0n) is 7.37. The fourth-order valence-electron chi connectivity index (χ4n) is 0.845. The zero-order chi connectivity index (χ0) is 9.68. The Balaban J connectivity index is 2.64. The summed E-state index contributed by atoms with van der Waals surface area (Å²) in [6.07, 6.45) is 0.619. The van der Waals surface area contributed by atoms with Crippen LogP contribution in [-0.4, -0.2) is 33.4 Å². The van der Waals surface area contributed by atoms with Crippen LogP contribution in [0.1, 0.15) is 12.1 Å². The number of aliphatic hydroxyl groups excluding tert-OH is 1. The maximum atomic E-state index is 10.8. The summed E-state index contributed by atoms with van der Waals surface area (Å²) in [6.45, 7) is 2.43. The van der Waals surface area contributed by atoms with E-state index in [1.54, 1.807) is 6.92 Å². The van der Waals surface area contributed by atoms with Crippen molar-refractivity contribution in [2.45, 2.75) is 13.3 Å². The maximum absolute atomic E-state index is 10.8. The molecule has 0 saturated heterocycles. The van der Waals surface area contributed by atoms with Gasteiger partial charge in [0.2, 0.25) is 0 Å². The lowest BCUT2D eigenvalue weighted by Crippen LogP contribution is -2.17. The number of aryl methyl sites for hydroxylation is 1. The molecule has 1 aromatic heterocycles. The molecule has 6 nitrogen and oxygen atoms in total. The third kappa shape index (κ3) is 2.83. The van der Waals surface area contributed by atoms with Crippen molar-refractivity contribution >= 4 is 5.82 Å². The quantitative estimate of drug-likeness (QED) is 0.536. The predicted octanol–water partition coefficient (Wildman–Crippen LogP) is -0.732. The lowest BCUT2D eigenvalue weighted by Gasteiger charge is -2.04. The third-order valence-corrected chi connectivity index (χ3v) is 1.50. The molecule has 0 bridgehead atoms. The van der Waals surface area contributed by atoms with Crippen molar-refractivity contribution < 1.29 is 5.11 Å². The second-order valence-corrected chi connectivity index (χ2v) is 2.58. The Kier molecular flexibility index (Phi) is 3.39. The number of hydrogen-bond donors (Lipinski definition) is 3. The number of H-pyrrole nitrogens is 1. The molecule has 1 rings (SSSR count). The Morgan fingerprint density at radius 2 is 2.38 bits per heavy atom. The van der Waals surface area contributed by atoms with Crippen molar-refractivity contribution in [3.05, 3.63) is 16.2 Å². The van der Waals surface area contributed by atoms with Crippen molar-refractivity contribution in [1.29, 1.82) is 0 Å². The number of aromatic amines is 1. The first-order valence-corrected chi connectivity index (χ1v) is 4.02. The van der Waals surface area contributed by atoms with E-state index in [0.717, 1.165) is 0 Å². The molecule has 6 heteroatoms. The summed E-state index contributed by atoms with van der Waals surface area (Å²) >= 11 is 0. The van der Waals surface area contributed by atoms with Gasteiger partial charge in [0.25, 0.3) is 0 Å². The second kappa shape index (κ2) is 4.56. The molecule has 3 N–H and O–H groups in total. The molecule has 13 heavy (non-hydrogen) atoms. The van der Waals surface area contributed by atoms with Gasteiger partial charge in [-0.3, -0.25) is 0 Å².